The van der Waals surface area contributed by atoms with Gasteiger partial charge in [0.25, 0.3) is 15.9 Å². The molecule has 1 aromatic heterocycles. The zero-order chi connectivity index (χ0) is 22.7. The zero-order valence-electron chi connectivity index (χ0n) is 17.5. The van der Waals surface area contributed by atoms with Crippen LogP contribution in [0.1, 0.15) is 18.9 Å². The molecule has 0 saturated carbocycles. The van der Waals surface area contributed by atoms with Crippen LogP contribution >= 0.6 is 23.1 Å². The summed E-state index contributed by atoms with van der Waals surface area (Å²) in [7, 11) is -3.89. The minimum absolute atomic E-state index is 0.147. The van der Waals surface area contributed by atoms with Crippen LogP contribution in [-0.4, -0.2) is 42.9 Å². The molecule has 0 fully saturated rings. The van der Waals surface area contributed by atoms with E-state index in [1.807, 2.05) is 13.0 Å². The summed E-state index contributed by atoms with van der Waals surface area (Å²) in [5.74, 6) is 0.775. The van der Waals surface area contributed by atoms with Crippen LogP contribution in [0.15, 0.2) is 57.8 Å². The summed E-state index contributed by atoms with van der Waals surface area (Å²) in [6.07, 6.45) is -0.0368. The lowest BCUT2D eigenvalue weighted by Crippen LogP contribution is -2.48. The lowest BCUT2D eigenvalue weighted by Gasteiger charge is -2.34. The number of aromatic nitrogens is 2. The van der Waals surface area contributed by atoms with Crippen LogP contribution in [0.3, 0.4) is 0 Å². The van der Waals surface area contributed by atoms with E-state index in [9.17, 15) is 13.2 Å². The number of sulfonamides is 1. The van der Waals surface area contributed by atoms with Gasteiger partial charge in [-0.25, -0.2) is 8.42 Å². The molecule has 1 aliphatic heterocycles. The Hall–Kier alpha value is -2.63. The monoisotopic (exact) mass is 490 g/mol. The van der Waals surface area contributed by atoms with E-state index in [1.54, 1.807) is 42.1 Å². The molecule has 1 amide bonds. The normalized spacial score (nSPS) is 15.7. The van der Waals surface area contributed by atoms with Crippen molar-refractivity contribution in [3.8, 4) is 5.75 Å². The van der Waals surface area contributed by atoms with E-state index in [0.717, 1.165) is 22.1 Å². The molecule has 0 spiro atoms. The van der Waals surface area contributed by atoms with Gasteiger partial charge in [-0.05, 0) is 43.2 Å². The van der Waals surface area contributed by atoms with Gasteiger partial charge in [0, 0.05) is 5.75 Å². The van der Waals surface area contributed by atoms with Crippen molar-refractivity contribution in [2.24, 2.45) is 0 Å². The van der Waals surface area contributed by atoms with E-state index < -0.39 is 22.0 Å². The number of thioether (sulfide) groups is 1. The first-order valence-electron chi connectivity index (χ1n) is 10.0. The fraction of sp³-hybridized carbons (Fsp3) is 0.286. The van der Waals surface area contributed by atoms with Gasteiger partial charge in [-0.2, -0.15) is 0 Å². The van der Waals surface area contributed by atoms with Gasteiger partial charge < -0.3 is 4.74 Å². The molecule has 168 valence electrons. The molecular weight excluding hydrogens is 468 g/mol. The minimum atomic E-state index is -3.89. The number of rotatable bonds is 7. The van der Waals surface area contributed by atoms with Crippen molar-refractivity contribution in [3.05, 3.63) is 54.1 Å². The first-order chi connectivity index (χ1) is 15.4. The molecule has 3 aromatic rings. The van der Waals surface area contributed by atoms with Crippen molar-refractivity contribution in [1.82, 2.24) is 10.2 Å². The van der Waals surface area contributed by atoms with Crippen molar-refractivity contribution < 1.29 is 17.9 Å². The molecular formula is C21H22N4O4S3. The van der Waals surface area contributed by atoms with Crippen molar-refractivity contribution >= 4 is 49.8 Å². The molecule has 1 atom stereocenters. The SMILES string of the molecule is CCCSc1nnc(NC(=O)[C@@H]2CN(S(=O)(=O)c3ccccc3)c3ccc(C)cc3O2)s1. The van der Waals surface area contributed by atoms with Crippen LogP contribution < -0.4 is 14.4 Å². The molecule has 0 saturated heterocycles. The molecule has 8 nitrogen and oxygen atoms in total. The van der Waals surface area contributed by atoms with Crippen LogP contribution in [0, 0.1) is 6.92 Å². The predicted molar refractivity (Wildman–Crippen MR) is 126 cm³/mol. The molecule has 2 aromatic carbocycles. The Balaban J connectivity index is 1.61. The van der Waals surface area contributed by atoms with E-state index in [2.05, 4.69) is 22.4 Å². The van der Waals surface area contributed by atoms with E-state index in [-0.39, 0.29) is 11.4 Å². The number of hydrogen-bond acceptors (Lipinski definition) is 8. The third-order valence-corrected chi connectivity index (χ3v) is 8.65. The van der Waals surface area contributed by atoms with Gasteiger partial charge in [0.15, 0.2) is 10.4 Å². The highest BCUT2D eigenvalue weighted by Gasteiger charge is 2.37. The minimum Gasteiger partial charge on any atom is -0.476 e. The van der Waals surface area contributed by atoms with Crippen LogP contribution in [0.25, 0.3) is 0 Å². The Morgan fingerprint density at radius 1 is 1.25 bits per heavy atom. The van der Waals surface area contributed by atoms with Crippen LogP contribution in [0.2, 0.25) is 0 Å². The number of amides is 1. The lowest BCUT2D eigenvalue weighted by atomic mass is 10.1. The van der Waals surface area contributed by atoms with Crippen LogP contribution in [0.5, 0.6) is 5.75 Å². The number of nitrogens with zero attached hydrogens (tertiary/aromatic N) is 3. The Bertz CT molecular complexity index is 1210. The summed E-state index contributed by atoms with van der Waals surface area (Å²) in [5, 5.41) is 11.1. The van der Waals surface area contributed by atoms with Gasteiger partial charge in [-0.1, -0.05) is 54.3 Å². The average Bonchev–Trinajstić information content (AvgIpc) is 3.24. The summed E-state index contributed by atoms with van der Waals surface area (Å²) in [5.41, 5.74) is 1.29. The molecule has 1 N–H and O–H groups in total. The predicted octanol–water partition coefficient (Wildman–Crippen LogP) is 3.94. The molecule has 0 unspecified atom stereocenters. The van der Waals surface area contributed by atoms with E-state index in [1.165, 1.54) is 27.8 Å². The van der Waals surface area contributed by atoms with E-state index in [0.29, 0.717) is 16.6 Å². The Kier molecular flexibility index (Phi) is 6.68. The fourth-order valence-corrected chi connectivity index (χ4v) is 6.32. The summed E-state index contributed by atoms with van der Waals surface area (Å²) in [4.78, 5) is 13.1. The van der Waals surface area contributed by atoms with Crippen molar-refractivity contribution in [2.75, 3.05) is 21.9 Å². The lowest BCUT2D eigenvalue weighted by molar-refractivity contribution is -0.122. The fourth-order valence-electron chi connectivity index (χ4n) is 3.14. The van der Waals surface area contributed by atoms with Gasteiger partial charge in [-0.15, -0.1) is 10.2 Å². The number of nitrogens with one attached hydrogen (secondary N) is 1. The highest BCUT2D eigenvalue weighted by Crippen LogP contribution is 2.38. The Labute approximate surface area is 195 Å². The molecule has 0 aliphatic carbocycles. The summed E-state index contributed by atoms with van der Waals surface area (Å²) in [6.45, 7) is 3.79. The number of carbonyl (C=O) groups is 1. The largest absolute Gasteiger partial charge is 0.476 e. The summed E-state index contributed by atoms with van der Waals surface area (Å²) >= 11 is 2.85. The van der Waals surface area contributed by atoms with Crippen LogP contribution in [0.4, 0.5) is 10.8 Å². The highest BCUT2D eigenvalue weighted by atomic mass is 32.2. The first-order valence-corrected chi connectivity index (χ1v) is 13.2. The topological polar surface area (TPSA) is 101 Å². The number of anilines is 2. The molecule has 2 heterocycles. The van der Waals surface area contributed by atoms with Gasteiger partial charge in [-0.3, -0.25) is 14.4 Å². The standard InChI is InChI=1S/C21H22N4O4S3/c1-3-11-30-21-24-23-20(31-21)22-19(26)18-13-25(16-10-9-14(2)12-17(16)29-18)32(27,28)15-7-5-4-6-8-15/h4-10,12,18H,3,11,13H2,1-2H3,(H,22,23,26)/t18-/m0/s1. The zero-order valence-corrected chi connectivity index (χ0v) is 20.0. The maximum Gasteiger partial charge on any atom is 0.269 e. The first kappa shape index (κ1) is 22.6. The molecule has 11 heteroatoms. The second-order valence-electron chi connectivity index (χ2n) is 7.14. The van der Waals surface area contributed by atoms with E-state index >= 15 is 0 Å². The number of carbonyl (C=O) groups excluding carboxylic acids is 1. The molecule has 1 aliphatic rings. The van der Waals surface area contributed by atoms with Gasteiger partial charge in [0.05, 0.1) is 17.1 Å². The number of fused-ring (bicyclic) bond motifs is 1. The summed E-state index contributed by atoms with van der Waals surface area (Å²) < 4.78 is 34.7. The maximum absolute atomic E-state index is 13.4. The summed E-state index contributed by atoms with van der Waals surface area (Å²) in [6, 6.07) is 13.4. The molecule has 4 rings (SSSR count). The van der Waals surface area contributed by atoms with Gasteiger partial charge >= 0.3 is 0 Å². The van der Waals surface area contributed by atoms with E-state index in [4.69, 9.17) is 4.74 Å². The molecule has 0 radical (unpaired) electrons. The molecule has 0 bridgehead atoms. The number of aryl methyl sites for hydroxylation is 1. The maximum atomic E-state index is 13.4. The van der Waals surface area contributed by atoms with Crippen molar-refractivity contribution in [3.63, 3.8) is 0 Å². The highest BCUT2D eigenvalue weighted by molar-refractivity contribution is 8.01. The third-order valence-electron chi connectivity index (χ3n) is 4.67. The number of ether oxygens (including phenoxy) is 1. The average molecular weight is 491 g/mol. The third kappa shape index (κ3) is 4.74. The van der Waals surface area contributed by atoms with Gasteiger partial charge in [0.1, 0.15) is 5.75 Å². The van der Waals surface area contributed by atoms with Crippen molar-refractivity contribution in [1.29, 1.82) is 0 Å². The molecule has 32 heavy (non-hydrogen) atoms. The van der Waals surface area contributed by atoms with Crippen LogP contribution in [-0.2, 0) is 14.8 Å². The number of hydrogen-bond donors (Lipinski definition) is 1. The number of benzene rings is 2. The Morgan fingerprint density at radius 3 is 2.78 bits per heavy atom. The van der Waals surface area contributed by atoms with Gasteiger partial charge in [0.2, 0.25) is 5.13 Å². The Morgan fingerprint density at radius 2 is 2.03 bits per heavy atom. The second kappa shape index (κ2) is 9.47. The second-order valence-corrected chi connectivity index (χ2v) is 11.3. The van der Waals surface area contributed by atoms with Crippen molar-refractivity contribution in [2.45, 2.75) is 35.6 Å². The smallest absolute Gasteiger partial charge is 0.269 e. The quantitative estimate of drug-likeness (QED) is 0.395.